The summed E-state index contributed by atoms with van der Waals surface area (Å²) < 4.78 is 12.4. The van der Waals surface area contributed by atoms with Crippen LogP contribution in [0.15, 0.2) is 55.2 Å². The van der Waals surface area contributed by atoms with Crippen molar-refractivity contribution in [3.8, 4) is 17.3 Å². The van der Waals surface area contributed by atoms with Gasteiger partial charge in [0, 0.05) is 24.2 Å². The van der Waals surface area contributed by atoms with Crippen LogP contribution < -0.4 is 14.8 Å². The van der Waals surface area contributed by atoms with Crippen LogP contribution in [0.5, 0.6) is 11.5 Å². The van der Waals surface area contributed by atoms with Gasteiger partial charge in [0.15, 0.2) is 0 Å². The maximum absolute atomic E-state index is 12.5. The highest BCUT2D eigenvalue weighted by Gasteiger charge is 2.16. The Balaban J connectivity index is 1.75. The lowest BCUT2D eigenvalue weighted by Crippen LogP contribution is -2.27. The maximum atomic E-state index is 12.5. The van der Waals surface area contributed by atoms with Gasteiger partial charge in [0.05, 0.1) is 25.8 Å². The molecule has 2 heterocycles. The first-order valence-electron chi connectivity index (χ1n) is 8.09. The molecular weight excluding hydrogens is 332 g/mol. The van der Waals surface area contributed by atoms with E-state index in [-0.39, 0.29) is 11.9 Å². The van der Waals surface area contributed by atoms with Gasteiger partial charge >= 0.3 is 0 Å². The molecule has 1 unspecified atom stereocenters. The Labute approximate surface area is 151 Å². The molecule has 3 aromatic rings. The average Bonchev–Trinajstić information content (AvgIpc) is 3.22. The predicted octanol–water partition coefficient (Wildman–Crippen LogP) is 2.78. The number of imidazole rings is 1. The first-order chi connectivity index (χ1) is 12.6. The van der Waals surface area contributed by atoms with Crippen LogP contribution in [0.2, 0.25) is 0 Å². The Morgan fingerprint density at radius 2 is 2.04 bits per heavy atom. The number of hydrogen-bond acceptors (Lipinski definition) is 5. The monoisotopic (exact) mass is 352 g/mol. The predicted molar refractivity (Wildman–Crippen MR) is 96.8 cm³/mol. The lowest BCUT2D eigenvalue weighted by molar-refractivity contribution is 0.0939. The van der Waals surface area contributed by atoms with Crippen molar-refractivity contribution in [3.05, 3.63) is 66.4 Å². The molecule has 0 aliphatic carbocycles. The molecule has 7 heteroatoms. The molecule has 0 radical (unpaired) electrons. The van der Waals surface area contributed by atoms with Crippen LogP contribution >= 0.6 is 0 Å². The number of amides is 1. The summed E-state index contributed by atoms with van der Waals surface area (Å²) >= 11 is 0. The summed E-state index contributed by atoms with van der Waals surface area (Å²) in [4.78, 5) is 20.8. The van der Waals surface area contributed by atoms with Gasteiger partial charge in [-0.2, -0.15) is 0 Å². The molecule has 134 valence electrons. The van der Waals surface area contributed by atoms with E-state index in [1.807, 2.05) is 25.1 Å². The molecule has 3 rings (SSSR count). The zero-order valence-corrected chi connectivity index (χ0v) is 14.8. The molecule has 1 amide bonds. The number of carbonyl (C=O) groups excluding carboxylic acids is 1. The van der Waals surface area contributed by atoms with E-state index in [2.05, 4.69) is 15.3 Å². The molecule has 7 nitrogen and oxygen atoms in total. The van der Waals surface area contributed by atoms with Crippen LogP contribution in [0.3, 0.4) is 0 Å². The molecule has 1 N–H and O–H groups in total. The molecule has 0 fully saturated rings. The summed E-state index contributed by atoms with van der Waals surface area (Å²) in [6.07, 6.45) is 6.66. The van der Waals surface area contributed by atoms with Gasteiger partial charge in [-0.3, -0.25) is 9.36 Å². The molecule has 2 aromatic heterocycles. The largest absolute Gasteiger partial charge is 0.497 e. The second kappa shape index (κ2) is 7.69. The molecule has 0 aliphatic rings. The number of benzene rings is 1. The van der Waals surface area contributed by atoms with Crippen molar-refractivity contribution in [1.82, 2.24) is 19.9 Å². The number of nitrogens with zero attached hydrogens (tertiary/aromatic N) is 3. The second-order valence-corrected chi connectivity index (χ2v) is 5.68. The van der Waals surface area contributed by atoms with Crippen LogP contribution in [0.25, 0.3) is 5.82 Å². The number of pyridine rings is 1. The van der Waals surface area contributed by atoms with Crippen LogP contribution in [-0.4, -0.2) is 34.7 Å². The van der Waals surface area contributed by atoms with E-state index in [4.69, 9.17) is 9.47 Å². The standard InChI is InChI=1S/C19H20N4O3/c1-13(16-10-15(25-2)5-6-17(16)26-3)22-19(24)14-4-7-18(21-11-14)23-9-8-20-12-23/h4-13H,1-3H3,(H,22,24). The van der Waals surface area contributed by atoms with Gasteiger partial charge in [0.2, 0.25) is 0 Å². The Morgan fingerprint density at radius 3 is 2.65 bits per heavy atom. The third kappa shape index (κ3) is 3.66. The zero-order valence-electron chi connectivity index (χ0n) is 14.8. The molecule has 1 aromatic carbocycles. The van der Waals surface area contributed by atoms with E-state index in [9.17, 15) is 4.79 Å². The van der Waals surface area contributed by atoms with Crippen molar-refractivity contribution < 1.29 is 14.3 Å². The highest BCUT2D eigenvalue weighted by atomic mass is 16.5. The summed E-state index contributed by atoms with van der Waals surface area (Å²) in [6.45, 7) is 1.89. The molecule has 0 bridgehead atoms. The molecule has 26 heavy (non-hydrogen) atoms. The Bertz CT molecular complexity index is 876. The number of carbonyl (C=O) groups is 1. The van der Waals surface area contributed by atoms with E-state index < -0.39 is 0 Å². The van der Waals surface area contributed by atoms with Crippen LogP contribution in [-0.2, 0) is 0 Å². The number of hydrogen-bond donors (Lipinski definition) is 1. The van der Waals surface area contributed by atoms with Crippen molar-refractivity contribution >= 4 is 5.91 Å². The lowest BCUT2D eigenvalue weighted by Gasteiger charge is -2.18. The van der Waals surface area contributed by atoms with Crippen molar-refractivity contribution in [2.24, 2.45) is 0 Å². The second-order valence-electron chi connectivity index (χ2n) is 5.68. The van der Waals surface area contributed by atoms with Gasteiger partial charge in [-0.25, -0.2) is 9.97 Å². The number of ether oxygens (including phenoxy) is 2. The number of rotatable bonds is 6. The first-order valence-corrected chi connectivity index (χ1v) is 8.09. The van der Waals surface area contributed by atoms with Crippen molar-refractivity contribution in [2.75, 3.05) is 14.2 Å². The third-order valence-corrected chi connectivity index (χ3v) is 4.03. The Morgan fingerprint density at radius 1 is 1.19 bits per heavy atom. The van der Waals surface area contributed by atoms with E-state index in [0.717, 1.165) is 5.56 Å². The summed E-state index contributed by atoms with van der Waals surface area (Å²) in [5, 5.41) is 2.96. The first kappa shape index (κ1) is 17.5. The highest BCUT2D eigenvalue weighted by Crippen LogP contribution is 2.29. The van der Waals surface area contributed by atoms with Crippen molar-refractivity contribution in [3.63, 3.8) is 0 Å². The average molecular weight is 352 g/mol. The molecule has 0 saturated carbocycles. The minimum atomic E-state index is -0.263. The number of methoxy groups -OCH3 is 2. The van der Waals surface area contributed by atoms with Gasteiger partial charge in [0.1, 0.15) is 23.6 Å². The van der Waals surface area contributed by atoms with Gasteiger partial charge in [-0.05, 0) is 37.3 Å². The fraction of sp³-hybridized carbons (Fsp3) is 0.211. The minimum absolute atomic E-state index is 0.216. The van der Waals surface area contributed by atoms with E-state index in [1.54, 1.807) is 55.8 Å². The summed E-state index contributed by atoms with van der Waals surface area (Å²) in [5.74, 6) is 1.87. The Kier molecular flexibility index (Phi) is 5.17. The molecule has 1 atom stereocenters. The van der Waals surface area contributed by atoms with Gasteiger partial charge in [-0.1, -0.05) is 0 Å². The summed E-state index contributed by atoms with van der Waals surface area (Å²) in [5.41, 5.74) is 1.31. The SMILES string of the molecule is COc1ccc(OC)c(C(C)NC(=O)c2ccc(-n3ccnc3)nc2)c1. The summed E-state index contributed by atoms with van der Waals surface area (Å²) in [7, 11) is 3.20. The quantitative estimate of drug-likeness (QED) is 0.738. The van der Waals surface area contributed by atoms with Crippen LogP contribution in [0.4, 0.5) is 0 Å². The summed E-state index contributed by atoms with van der Waals surface area (Å²) in [6, 6.07) is 8.72. The highest BCUT2D eigenvalue weighted by molar-refractivity contribution is 5.94. The lowest BCUT2D eigenvalue weighted by atomic mass is 10.1. The maximum Gasteiger partial charge on any atom is 0.253 e. The van der Waals surface area contributed by atoms with E-state index >= 15 is 0 Å². The number of nitrogens with one attached hydrogen (secondary N) is 1. The van der Waals surface area contributed by atoms with Crippen molar-refractivity contribution in [1.29, 1.82) is 0 Å². The van der Waals surface area contributed by atoms with E-state index in [0.29, 0.717) is 22.9 Å². The van der Waals surface area contributed by atoms with Crippen LogP contribution in [0, 0.1) is 0 Å². The third-order valence-electron chi connectivity index (χ3n) is 4.03. The molecular formula is C19H20N4O3. The molecule has 0 spiro atoms. The topological polar surface area (TPSA) is 78.3 Å². The van der Waals surface area contributed by atoms with Gasteiger partial charge in [-0.15, -0.1) is 0 Å². The van der Waals surface area contributed by atoms with Gasteiger partial charge in [0.25, 0.3) is 5.91 Å². The smallest absolute Gasteiger partial charge is 0.253 e. The van der Waals surface area contributed by atoms with E-state index in [1.165, 1.54) is 0 Å². The Hall–Kier alpha value is -3.35. The van der Waals surface area contributed by atoms with Crippen molar-refractivity contribution in [2.45, 2.75) is 13.0 Å². The fourth-order valence-electron chi connectivity index (χ4n) is 2.60. The fourth-order valence-corrected chi connectivity index (χ4v) is 2.60. The minimum Gasteiger partial charge on any atom is -0.497 e. The molecule has 0 aliphatic heterocycles. The normalized spacial score (nSPS) is 11.7. The van der Waals surface area contributed by atoms with Gasteiger partial charge < -0.3 is 14.8 Å². The molecule has 0 saturated heterocycles. The number of aromatic nitrogens is 3. The van der Waals surface area contributed by atoms with Crippen LogP contribution in [0.1, 0.15) is 28.9 Å². The zero-order chi connectivity index (χ0) is 18.5.